The number of nitrogens with one attached hydrogen (secondary N) is 1. The summed E-state index contributed by atoms with van der Waals surface area (Å²) < 4.78 is 0. The largest absolute Gasteiger partial charge is 0.324 e. The molecule has 0 aliphatic carbocycles. The van der Waals surface area contributed by atoms with Crippen LogP contribution in [0, 0.1) is 0 Å². The Morgan fingerprint density at radius 1 is 1.17 bits per heavy atom. The maximum absolute atomic E-state index is 12.8. The summed E-state index contributed by atoms with van der Waals surface area (Å²) in [7, 11) is 0. The highest BCUT2D eigenvalue weighted by atomic mass is 32.2. The van der Waals surface area contributed by atoms with Gasteiger partial charge in [-0.3, -0.25) is 9.59 Å². The van der Waals surface area contributed by atoms with Crippen molar-refractivity contribution < 1.29 is 9.59 Å². The van der Waals surface area contributed by atoms with E-state index in [2.05, 4.69) is 11.4 Å². The van der Waals surface area contributed by atoms with E-state index in [9.17, 15) is 9.59 Å². The van der Waals surface area contributed by atoms with E-state index in [-0.39, 0.29) is 23.5 Å². The van der Waals surface area contributed by atoms with Crippen molar-refractivity contribution in [1.82, 2.24) is 0 Å². The van der Waals surface area contributed by atoms with Gasteiger partial charge in [0.1, 0.15) is 0 Å². The second kappa shape index (κ2) is 6.32. The van der Waals surface area contributed by atoms with Crippen LogP contribution in [0.1, 0.15) is 18.4 Å². The maximum Gasteiger partial charge on any atom is 0.238 e. The lowest BCUT2D eigenvalue weighted by Gasteiger charge is -2.31. The molecule has 2 aromatic carbocycles. The summed E-state index contributed by atoms with van der Waals surface area (Å²) in [4.78, 5) is 28.0. The first-order chi connectivity index (χ1) is 11.7. The summed E-state index contributed by atoms with van der Waals surface area (Å²) in [5, 5.41) is 2.53. The second-order valence-corrected chi connectivity index (χ2v) is 7.32. The number of thioether (sulfide) groups is 1. The van der Waals surface area contributed by atoms with Crippen LogP contribution in [-0.2, 0) is 16.0 Å². The molecule has 1 N–H and O–H groups in total. The summed E-state index contributed by atoms with van der Waals surface area (Å²) in [6.07, 6.45) is 2.20. The standard InChI is InChI=1S/C19H18N2O2S/c22-18(21-11-5-7-13-6-1-3-9-15(13)21)12-17-19(23)20-14-8-2-4-10-16(14)24-17/h1-4,6,8-10,17H,5,7,11-12H2,(H,20,23). The van der Waals surface area contributed by atoms with Gasteiger partial charge in [-0.15, -0.1) is 11.8 Å². The lowest BCUT2D eigenvalue weighted by Crippen LogP contribution is -2.40. The predicted octanol–water partition coefficient (Wildman–Crippen LogP) is 3.47. The number of hydrogen-bond donors (Lipinski definition) is 1. The van der Waals surface area contributed by atoms with Crippen LogP contribution in [0.25, 0.3) is 0 Å². The molecule has 2 aliphatic heterocycles. The van der Waals surface area contributed by atoms with Crippen LogP contribution in [0.2, 0.25) is 0 Å². The number of rotatable bonds is 2. The molecule has 1 unspecified atom stereocenters. The Balaban J connectivity index is 1.52. The zero-order valence-corrected chi connectivity index (χ0v) is 14.0. The zero-order valence-electron chi connectivity index (χ0n) is 13.2. The van der Waals surface area contributed by atoms with Gasteiger partial charge in [0.2, 0.25) is 11.8 Å². The Labute approximate surface area is 145 Å². The molecule has 0 radical (unpaired) electrons. The van der Waals surface area contributed by atoms with Crippen LogP contribution < -0.4 is 10.2 Å². The van der Waals surface area contributed by atoms with Crippen LogP contribution >= 0.6 is 11.8 Å². The number of fused-ring (bicyclic) bond motifs is 2. The molecule has 2 amide bonds. The van der Waals surface area contributed by atoms with Crippen LogP contribution in [0.4, 0.5) is 11.4 Å². The smallest absolute Gasteiger partial charge is 0.238 e. The Kier molecular flexibility index (Phi) is 4.02. The third-order valence-corrected chi connectivity index (χ3v) is 5.75. The van der Waals surface area contributed by atoms with Crippen molar-refractivity contribution in [3.8, 4) is 0 Å². The van der Waals surface area contributed by atoms with Crippen molar-refractivity contribution in [3.05, 3.63) is 54.1 Å². The summed E-state index contributed by atoms with van der Waals surface area (Å²) in [6, 6.07) is 15.8. The third kappa shape index (κ3) is 2.80. The molecule has 2 aliphatic rings. The normalized spacial score (nSPS) is 19.2. The highest BCUT2D eigenvalue weighted by Crippen LogP contribution is 2.37. The number of carbonyl (C=O) groups excluding carboxylic acids is 2. The van der Waals surface area contributed by atoms with Gasteiger partial charge in [0.15, 0.2) is 0 Å². The zero-order chi connectivity index (χ0) is 16.5. The lowest BCUT2D eigenvalue weighted by atomic mass is 10.0. The fourth-order valence-corrected chi connectivity index (χ4v) is 4.39. The molecule has 0 fully saturated rings. The van der Waals surface area contributed by atoms with Gasteiger partial charge < -0.3 is 10.2 Å². The molecule has 4 rings (SSSR count). The van der Waals surface area contributed by atoms with E-state index < -0.39 is 0 Å². The predicted molar refractivity (Wildman–Crippen MR) is 96.4 cm³/mol. The van der Waals surface area contributed by atoms with Gasteiger partial charge in [-0.1, -0.05) is 30.3 Å². The van der Waals surface area contributed by atoms with Gasteiger partial charge in [-0.05, 0) is 36.6 Å². The Morgan fingerprint density at radius 2 is 1.96 bits per heavy atom. The monoisotopic (exact) mass is 338 g/mol. The fraction of sp³-hybridized carbons (Fsp3) is 0.263. The van der Waals surface area contributed by atoms with Crippen molar-refractivity contribution in [2.75, 3.05) is 16.8 Å². The number of para-hydroxylation sites is 2. The van der Waals surface area contributed by atoms with E-state index in [1.54, 1.807) is 0 Å². The van der Waals surface area contributed by atoms with Gasteiger partial charge >= 0.3 is 0 Å². The van der Waals surface area contributed by atoms with E-state index in [0.29, 0.717) is 0 Å². The Hall–Kier alpha value is -2.27. The lowest BCUT2D eigenvalue weighted by molar-refractivity contribution is -0.122. The Morgan fingerprint density at radius 3 is 2.88 bits per heavy atom. The molecule has 5 heteroatoms. The van der Waals surface area contributed by atoms with Gasteiger partial charge in [-0.2, -0.15) is 0 Å². The van der Waals surface area contributed by atoms with E-state index in [0.717, 1.165) is 35.7 Å². The first-order valence-corrected chi connectivity index (χ1v) is 9.05. The van der Waals surface area contributed by atoms with Crippen LogP contribution in [-0.4, -0.2) is 23.6 Å². The first-order valence-electron chi connectivity index (χ1n) is 8.17. The average Bonchev–Trinajstić information content (AvgIpc) is 2.62. The quantitative estimate of drug-likeness (QED) is 0.912. The molecular formula is C19H18N2O2S. The van der Waals surface area contributed by atoms with Gasteiger partial charge in [0.25, 0.3) is 0 Å². The number of carbonyl (C=O) groups is 2. The summed E-state index contributed by atoms with van der Waals surface area (Å²) in [6.45, 7) is 0.728. The first kappa shape index (κ1) is 15.3. The summed E-state index contributed by atoms with van der Waals surface area (Å²) in [5.41, 5.74) is 3.04. The minimum Gasteiger partial charge on any atom is -0.324 e. The fourth-order valence-electron chi connectivity index (χ4n) is 3.29. The Bertz CT molecular complexity index is 805. The summed E-state index contributed by atoms with van der Waals surface area (Å²) >= 11 is 1.48. The number of amides is 2. The van der Waals surface area contributed by atoms with Gasteiger partial charge in [-0.25, -0.2) is 0 Å². The number of aryl methyl sites for hydroxylation is 1. The van der Waals surface area contributed by atoms with Crippen LogP contribution in [0.5, 0.6) is 0 Å². The molecule has 0 saturated heterocycles. The van der Waals surface area contributed by atoms with Crippen molar-refractivity contribution in [3.63, 3.8) is 0 Å². The minimum atomic E-state index is -0.374. The van der Waals surface area contributed by atoms with Crippen molar-refractivity contribution >= 4 is 35.0 Å². The third-order valence-electron chi connectivity index (χ3n) is 4.48. The molecule has 2 heterocycles. The van der Waals surface area contributed by atoms with Crippen molar-refractivity contribution in [2.24, 2.45) is 0 Å². The highest BCUT2D eigenvalue weighted by molar-refractivity contribution is 8.01. The number of nitrogens with zero attached hydrogens (tertiary/aromatic N) is 1. The molecule has 0 spiro atoms. The van der Waals surface area contributed by atoms with E-state index in [1.807, 2.05) is 47.4 Å². The van der Waals surface area contributed by atoms with E-state index in [4.69, 9.17) is 0 Å². The highest BCUT2D eigenvalue weighted by Gasteiger charge is 2.31. The molecule has 4 nitrogen and oxygen atoms in total. The number of benzene rings is 2. The molecule has 24 heavy (non-hydrogen) atoms. The molecule has 0 aromatic heterocycles. The number of anilines is 2. The molecule has 0 saturated carbocycles. The summed E-state index contributed by atoms with van der Waals surface area (Å²) in [5.74, 6) is -0.0634. The molecule has 1 atom stereocenters. The SMILES string of the molecule is O=C1Nc2ccccc2SC1CC(=O)N1CCCc2ccccc21. The van der Waals surface area contributed by atoms with Gasteiger partial charge in [0.05, 0.1) is 10.9 Å². The van der Waals surface area contributed by atoms with Gasteiger partial charge in [0, 0.05) is 23.5 Å². The van der Waals surface area contributed by atoms with Crippen LogP contribution in [0.3, 0.4) is 0 Å². The average molecular weight is 338 g/mol. The van der Waals surface area contributed by atoms with Crippen molar-refractivity contribution in [2.45, 2.75) is 29.4 Å². The van der Waals surface area contributed by atoms with E-state index >= 15 is 0 Å². The minimum absolute atomic E-state index is 0.0224. The number of hydrogen-bond acceptors (Lipinski definition) is 3. The molecule has 122 valence electrons. The topological polar surface area (TPSA) is 49.4 Å². The second-order valence-electron chi connectivity index (χ2n) is 6.07. The molecular weight excluding hydrogens is 320 g/mol. The molecule has 2 aromatic rings. The van der Waals surface area contributed by atoms with Crippen molar-refractivity contribution in [1.29, 1.82) is 0 Å². The molecule has 0 bridgehead atoms. The van der Waals surface area contributed by atoms with E-state index in [1.165, 1.54) is 17.3 Å². The van der Waals surface area contributed by atoms with Crippen LogP contribution in [0.15, 0.2) is 53.4 Å². The maximum atomic E-state index is 12.8.